The summed E-state index contributed by atoms with van der Waals surface area (Å²) in [6, 6.07) is 10.4. The highest BCUT2D eigenvalue weighted by Gasteiger charge is 2.13. The van der Waals surface area contributed by atoms with E-state index < -0.39 is 0 Å². The molecule has 0 aliphatic carbocycles. The minimum atomic E-state index is 0.644. The summed E-state index contributed by atoms with van der Waals surface area (Å²) >= 11 is 0. The minimum absolute atomic E-state index is 0.644. The first-order valence-electron chi connectivity index (χ1n) is 9.12. The van der Waals surface area contributed by atoms with Crippen molar-refractivity contribution in [2.24, 2.45) is 0 Å². The molecule has 0 amide bonds. The maximum absolute atomic E-state index is 4.52. The minimum Gasteiger partial charge on any atom is -0.369 e. The number of benzene rings is 1. The maximum atomic E-state index is 4.52. The fourth-order valence-electron chi connectivity index (χ4n) is 2.87. The van der Waals surface area contributed by atoms with Crippen LogP contribution in [0.4, 0.5) is 23.1 Å². The summed E-state index contributed by atoms with van der Waals surface area (Å²) < 4.78 is 0. The zero-order valence-electron chi connectivity index (χ0n) is 15.9. The molecule has 3 rings (SSSR count). The van der Waals surface area contributed by atoms with Crippen molar-refractivity contribution in [2.45, 2.75) is 0 Å². The largest absolute Gasteiger partial charge is 0.369 e. The highest BCUT2D eigenvalue weighted by molar-refractivity contribution is 5.61. The molecular weight excluding hydrogens is 326 g/mol. The Kier molecular flexibility index (Phi) is 6.25. The number of nitrogens with zero attached hydrogens (tertiary/aromatic N) is 5. The van der Waals surface area contributed by atoms with Crippen LogP contribution in [0.15, 0.2) is 36.5 Å². The molecule has 0 spiro atoms. The number of rotatable bonds is 7. The number of hydrogen-bond donors (Lipinski definition) is 2. The molecule has 26 heavy (non-hydrogen) atoms. The summed E-state index contributed by atoms with van der Waals surface area (Å²) in [7, 11) is 6.27. The van der Waals surface area contributed by atoms with E-state index in [0.717, 1.165) is 50.8 Å². The maximum Gasteiger partial charge on any atom is 0.224 e. The zero-order valence-corrected chi connectivity index (χ0v) is 15.9. The Balaban J connectivity index is 1.57. The molecule has 0 unspecified atom stereocenters. The number of aromatic nitrogens is 2. The number of likely N-dealkylation sites (N-methyl/N-ethyl adjacent to an activating group) is 2. The number of hydrogen-bond acceptors (Lipinski definition) is 7. The van der Waals surface area contributed by atoms with Crippen molar-refractivity contribution < 1.29 is 0 Å². The molecule has 2 heterocycles. The smallest absolute Gasteiger partial charge is 0.224 e. The van der Waals surface area contributed by atoms with Crippen LogP contribution in [-0.4, -0.2) is 80.2 Å². The number of anilines is 4. The lowest BCUT2D eigenvalue weighted by Crippen LogP contribution is -2.44. The molecule has 0 atom stereocenters. The lowest BCUT2D eigenvalue weighted by molar-refractivity contribution is 0.313. The van der Waals surface area contributed by atoms with Gasteiger partial charge in [-0.05, 0) is 51.5 Å². The second-order valence-electron chi connectivity index (χ2n) is 6.96. The molecule has 140 valence electrons. The SMILES string of the molecule is CN(C)CCNc1nccc(Nc2ccc(N3CCN(C)CC3)cc2)n1. The molecule has 0 bridgehead atoms. The molecule has 1 aliphatic rings. The zero-order chi connectivity index (χ0) is 18.4. The lowest BCUT2D eigenvalue weighted by Gasteiger charge is -2.34. The molecule has 2 aromatic rings. The number of piperazine rings is 1. The summed E-state index contributed by atoms with van der Waals surface area (Å²) in [6.07, 6.45) is 1.77. The summed E-state index contributed by atoms with van der Waals surface area (Å²) in [4.78, 5) is 15.7. The Morgan fingerprint density at radius 3 is 2.46 bits per heavy atom. The van der Waals surface area contributed by atoms with Crippen LogP contribution >= 0.6 is 0 Å². The van der Waals surface area contributed by atoms with E-state index in [1.807, 2.05) is 20.2 Å². The first kappa shape index (κ1) is 18.4. The molecular formula is C19H29N7. The van der Waals surface area contributed by atoms with Gasteiger partial charge in [0.15, 0.2) is 0 Å². The topological polar surface area (TPSA) is 59.6 Å². The average Bonchev–Trinajstić information content (AvgIpc) is 2.63. The predicted molar refractivity (Wildman–Crippen MR) is 109 cm³/mol. The van der Waals surface area contributed by atoms with Crippen molar-refractivity contribution in [3.05, 3.63) is 36.5 Å². The molecule has 1 aliphatic heterocycles. The van der Waals surface area contributed by atoms with Crippen LogP contribution < -0.4 is 15.5 Å². The molecule has 1 aromatic carbocycles. The second-order valence-corrected chi connectivity index (χ2v) is 6.96. The first-order valence-corrected chi connectivity index (χ1v) is 9.12. The van der Waals surface area contributed by atoms with E-state index in [0.29, 0.717) is 5.95 Å². The van der Waals surface area contributed by atoms with E-state index >= 15 is 0 Å². The number of nitrogens with one attached hydrogen (secondary N) is 2. The van der Waals surface area contributed by atoms with Gasteiger partial charge in [0.2, 0.25) is 5.95 Å². The molecule has 0 saturated carbocycles. The van der Waals surface area contributed by atoms with Gasteiger partial charge in [-0.3, -0.25) is 0 Å². The van der Waals surface area contributed by atoms with Gasteiger partial charge in [0, 0.05) is 56.8 Å². The average molecular weight is 355 g/mol. The molecule has 1 fully saturated rings. The summed E-state index contributed by atoms with van der Waals surface area (Å²) in [5.74, 6) is 1.44. The van der Waals surface area contributed by atoms with Crippen LogP contribution in [0.2, 0.25) is 0 Å². The van der Waals surface area contributed by atoms with Gasteiger partial charge in [-0.1, -0.05) is 0 Å². The summed E-state index contributed by atoms with van der Waals surface area (Å²) in [5, 5.41) is 6.60. The summed E-state index contributed by atoms with van der Waals surface area (Å²) in [6.45, 7) is 6.15. The fraction of sp³-hybridized carbons (Fsp3) is 0.474. The first-order chi connectivity index (χ1) is 12.6. The molecule has 7 heteroatoms. The van der Waals surface area contributed by atoms with Gasteiger partial charge in [0.1, 0.15) is 5.82 Å². The predicted octanol–water partition coefficient (Wildman–Crippen LogP) is 1.95. The molecule has 1 saturated heterocycles. The van der Waals surface area contributed by atoms with Crippen molar-refractivity contribution in [3.63, 3.8) is 0 Å². The van der Waals surface area contributed by atoms with Gasteiger partial charge < -0.3 is 25.3 Å². The van der Waals surface area contributed by atoms with E-state index in [9.17, 15) is 0 Å². The standard InChI is InChI=1S/C19H29N7/c1-24(2)11-10-21-19-20-9-8-18(23-19)22-16-4-6-17(7-5-16)26-14-12-25(3)13-15-26/h4-9H,10-15H2,1-3H3,(H2,20,21,22,23). The van der Waals surface area contributed by atoms with Gasteiger partial charge >= 0.3 is 0 Å². The van der Waals surface area contributed by atoms with Gasteiger partial charge in [0.05, 0.1) is 0 Å². The normalized spacial score (nSPS) is 15.3. The highest BCUT2D eigenvalue weighted by atomic mass is 15.2. The van der Waals surface area contributed by atoms with Gasteiger partial charge in [0.25, 0.3) is 0 Å². The van der Waals surface area contributed by atoms with Crippen LogP contribution in [0.3, 0.4) is 0 Å². The Hall–Kier alpha value is -2.38. The quantitative estimate of drug-likeness (QED) is 0.787. The van der Waals surface area contributed by atoms with Crippen molar-refractivity contribution in [1.29, 1.82) is 0 Å². The fourth-order valence-corrected chi connectivity index (χ4v) is 2.87. The van der Waals surface area contributed by atoms with E-state index in [-0.39, 0.29) is 0 Å². The Labute approximate surface area is 156 Å². The van der Waals surface area contributed by atoms with E-state index in [1.165, 1.54) is 5.69 Å². The third kappa shape index (κ3) is 5.31. The van der Waals surface area contributed by atoms with E-state index in [1.54, 1.807) is 6.20 Å². The van der Waals surface area contributed by atoms with Crippen molar-refractivity contribution in [1.82, 2.24) is 19.8 Å². The molecule has 0 radical (unpaired) electrons. The molecule has 1 aromatic heterocycles. The van der Waals surface area contributed by atoms with Crippen molar-refractivity contribution in [2.75, 3.05) is 75.9 Å². The summed E-state index contributed by atoms with van der Waals surface area (Å²) in [5.41, 5.74) is 2.30. The Morgan fingerprint density at radius 2 is 1.77 bits per heavy atom. The Morgan fingerprint density at radius 1 is 1.04 bits per heavy atom. The van der Waals surface area contributed by atoms with Gasteiger partial charge in [-0.15, -0.1) is 0 Å². The third-order valence-corrected chi connectivity index (χ3v) is 4.51. The Bertz CT molecular complexity index is 679. The van der Waals surface area contributed by atoms with Crippen LogP contribution in [0.5, 0.6) is 0 Å². The van der Waals surface area contributed by atoms with E-state index in [2.05, 4.69) is 66.6 Å². The van der Waals surface area contributed by atoms with E-state index in [4.69, 9.17) is 0 Å². The lowest BCUT2D eigenvalue weighted by atomic mass is 10.2. The van der Waals surface area contributed by atoms with Crippen LogP contribution in [0.25, 0.3) is 0 Å². The molecule has 7 nitrogen and oxygen atoms in total. The van der Waals surface area contributed by atoms with Crippen molar-refractivity contribution in [3.8, 4) is 0 Å². The molecule has 2 N–H and O–H groups in total. The van der Waals surface area contributed by atoms with Crippen LogP contribution in [0, 0.1) is 0 Å². The highest BCUT2D eigenvalue weighted by Crippen LogP contribution is 2.21. The van der Waals surface area contributed by atoms with Crippen molar-refractivity contribution >= 4 is 23.1 Å². The van der Waals surface area contributed by atoms with Gasteiger partial charge in [-0.2, -0.15) is 4.98 Å². The van der Waals surface area contributed by atoms with Crippen LogP contribution in [-0.2, 0) is 0 Å². The third-order valence-electron chi connectivity index (χ3n) is 4.51. The second kappa shape index (κ2) is 8.82. The monoisotopic (exact) mass is 355 g/mol. The van der Waals surface area contributed by atoms with Crippen LogP contribution in [0.1, 0.15) is 0 Å². The van der Waals surface area contributed by atoms with Gasteiger partial charge in [-0.25, -0.2) is 4.98 Å².